The molecule has 0 radical (unpaired) electrons. The van der Waals surface area contributed by atoms with Gasteiger partial charge in [0.1, 0.15) is 0 Å². The number of fused-ring (bicyclic) bond motifs is 13. The molecule has 0 N–H and O–H groups in total. The molecule has 0 amide bonds. The van der Waals surface area contributed by atoms with E-state index in [4.69, 9.17) is 0 Å². The van der Waals surface area contributed by atoms with Gasteiger partial charge in [0.2, 0.25) is 0 Å². The molecular formula is C42H27N. The van der Waals surface area contributed by atoms with E-state index in [0.29, 0.717) is 0 Å². The van der Waals surface area contributed by atoms with Crippen molar-refractivity contribution in [3.8, 4) is 27.9 Å². The van der Waals surface area contributed by atoms with E-state index in [1.54, 1.807) is 0 Å². The molecule has 1 aliphatic carbocycles. The SMILES string of the molecule is Cc1c(-c2ccc3c(c2)C2(c4ccccc4-3)c3ccccc3-n3c4ccccc4c4cccc2c43)ccc2ccccc12. The maximum absolute atomic E-state index is 2.51. The first-order chi connectivity index (χ1) is 21.3. The molecule has 0 saturated heterocycles. The van der Waals surface area contributed by atoms with Gasteiger partial charge in [-0.1, -0.05) is 127 Å². The quantitative estimate of drug-likeness (QED) is 0.193. The van der Waals surface area contributed by atoms with Crippen LogP contribution >= 0.6 is 0 Å². The number of aromatic nitrogens is 1. The highest BCUT2D eigenvalue weighted by Gasteiger charge is 2.50. The van der Waals surface area contributed by atoms with Crippen LogP contribution in [0.3, 0.4) is 0 Å². The second kappa shape index (κ2) is 8.12. The normalized spacial score (nSPS) is 16.1. The van der Waals surface area contributed by atoms with Crippen LogP contribution in [0.25, 0.3) is 60.5 Å². The summed E-state index contributed by atoms with van der Waals surface area (Å²) in [5.41, 5.74) is 15.4. The summed E-state index contributed by atoms with van der Waals surface area (Å²) in [5.74, 6) is 0. The van der Waals surface area contributed by atoms with Crippen LogP contribution in [0.1, 0.15) is 27.8 Å². The lowest BCUT2D eigenvalue weighted by Gasteiger charge is -2.39. The molecule has 43 heavy (non-hydrogen) atoms. The van der Waals surface area contributed by atoms with Gasteiger partial charge in [-0.25, -0.2) is 0 Å². The number of hydrogen-bond acceptors (Lipinski definition) is 0. The van der Waals surface area contributed by atoms with Gasteiger partial charge in [0.05, 0.1) is 22.1 Å². The van der Waals surface area contributed by atoms with Crippen LogP contribution in [0.5, 0.6) is 0 Å². The fraction of sp³-hybridized carbons (Fsp3) is 0.0476. The first-order valence-electron chi connectivity index (χ1n) is 15.1. The van der Waals surface area contributed by atoms with Crippen molar-refractivity contribution in [2.45, 2.75) is 12.3 Å². The average Bonchev–Trinajstić information content (AvgIpc) is 3.56. The van der Waals surface area contributed by atoms with Crippen LogP contribution in [0.2, 0.25) is 0 Å². The largest absolute Gasteiger partial charge is 0.309 e. The summed E-state index contributed by atoms with van der Waals surface area (Å²) in [7, 11) is 0. The fourth-order valence-electron chi connectivity index (χ4n) is 8.47. The highest BCUT2D eigenvalue weighted by Crippen LogP contribution is 2.61. The molecule has 1 aromatic heterocycles. The third kappa shape index (κ3) is 2.73. The van der Waals surface area contributed by atoms with Gasteiger partial charge in [-0.3, -0.25) is 0 Å². The standard InChI is InChI=1S/C42H27N/c1-26-29-12-3-2-11-27(29)21-23-30(26)28-22-24-32-31-13-4-6-16-35(31)42(38(32)25-28)36-17-7-9-20-40(36)43-39-19-8-5-14-33(39)34-15-10-18-37(42)41(34)43/h2-25H,1H3. The maximum Gasteiger partial charge on any atom is 0.0754 e. The Balaban J connectivity index is 1.38. The summed E-state index contributed by atoms with van der Waals surface area (Å²) in [6.07, 6.45) is 0. The van der Waals surface area contributed by atoms with Gasteiger partial charge >= 0.3 is 0 Å². The molecule has 1 atom stereocenters. The van der Waals surface area contributed by atoms with Gasteiger partial charge < -0.3 is 4.57 Å². The van der Waals surface area contributed by atoms with Gasteiger partial charge in [0, 0.05) is 10.8 Å². The Labute approximate surface area is 250 Å². The van der Waals surface area contributed by atoms with E-state index in [-0.39, 0.29) is 0 Å². The van der Waals surface area contributed by atoms with E-state index < -0.39 is 5.41 Å². The smallest absolute Gasteiger partial charge is 0.0754 e. The maximum atomic E-state index is 2.51. The molecule has 0 bridgehead atoms. The molecular weight excluding hydrogens is 518 g/mol. The van der Waals surface area contributed by atoms with Crippen molar-refractivity contribution in [1.82, 2.24) is 4.57 Å². The number of hydrogen-bond donors (Lipinski definition) is 0. The molecule has 1 heteroatoms. The molecule has 2 heterocycles. The molecule has 7 aromatic carbocycles. The van der Waals surface area contributed by atoms with Gasteiger partial charge in [0.25, 0.3) is 0 Å². The summed E-state index contributed by atoms with van der Waals surface area (Å²) in [4.78, 5) is 0. The summed E-state index contributed by atoms with van der Waals surface area (Å²) >= 11 is 0. The lowest BCUT2D eigenvalue weighted by atomic mass is 9.65. The van der Waals surface area contributed by atoms with Gasteiger partial charge in [-0.05, 0) is 86.0 Å². The Morgan fingerprint density at radius 1 is 0.465 bits per heavy atom. The zero-order chi connectivity index (χ0) is 28.3. The minimum absolute atomic E-state index is 0.423. The van der Waals surface area contributed by atoms with E-state index in [1.165, 1.54) is 88.3 Å². The van der Waals surface area contributed by atoms with E-state index in [2.05, 4.69) is 157 Å². The summed E-state index contributed by atoms with van der Waals surface area (Å²) in [6, 6.07) is 54.5. The van der Waals surface area contributed by atoms with E-state index in [9.17, 15) is 0 Å². The Bertz CT molecular complexity index is 2470. The third-order valence-electron chi connectivity index (χ3n) is 10.2. The molecule has 1 unspecified atom stereocenters. The summed E-state index contributed by atoms with van der Waals surface area (Å²) in [6.45, 7) is 2.27. The average molecular weight is 546 g/mol. The molecule has 2 aliphatic rings. The second-order valence-corrected chi connectivity index (χ2v) is 12.1. The van der Waals surface area contributed by atoms with Crippen LogP contribution in [-0.2, 0) is 5.41 Å². The Morgan fingerprint density at radius 2 is 1.14 bits per heavy atom. The van der Waals surface area contributed by atoms with Crippen LogP contribution in [-0.4, -0.2) is 4.57 Å². The molecule has 1 nitrogen and oxygen atoms in total. The minimum atomic E-state index is -0.423. The van der Waals surface area contributed by atoms with Crippen LogP contribution in [0, 0.1) is 6.92 Å². The van der Waals surface area contributed by atoms with Crippen molar-refractivity contribution in [3.05, 3.63) is 173 Å². The Kier molecular flexibility index (Phi) is 4.38. The van der Waals surface area contributed by atoms with Gasteiger partial charge in [0.15, 0.2) is 0 Å². The fourth-order valence-corrected chi connectivity index (χ4v) is 8.47. The third-order valence-corrected chi connectivity index (χ3v) is 10.2. The van der Waals surface area contributed by atoms with Crippen molar-refractivity contribution >= 4 is 32.6 Å². The number of nitrogens with zero attached hydrogens (tertiary/aromatic N) is 1. The van der Waals surface area contributed by atoms with Crippen molar-refractivity contribution in [2.75, 3.05) is 0 Å². The van der Waals surface area contributed by atoms with E-state index in [0.717, 1.165) is 0 Å². The van der Waals surface area contributed by atoms with Crippen molar-refractivity contribution in [3.63, 3.8) is 0 Å². The highest BCUT2D eigenvalue weighted by molar-refractivity contribution is 6.13. The van der Waals surface area contributed by atoms with Gasteiger partial charge in [-0.15, -0.1) is 0 Å². The molecule has 0 fully saturated rings. The van der Waals surface area contributed by atoms with Crippen molar-refractivity contribution < 1.29 is 0 Å². The zero-order valence-corrected chi connectivity index (χ0v) is 23.8. The minimum Gasteiger partial charge on any atom is -0.309 e. The number of benzene rings is 7. The molecule has 200 valence electrons. The van der Waals surface area contributed by atoms with Crippen LogP contribution < -0.4 is 0 Å². The van der Waals surface area contributed by atoms with Crippen molar-refractivity contribution in [2.24, 2.45) is 0 Å². The second-order valence-electron chi connectivity index (χ2n) is 12.1. The molecule has 1 aliphatic heterocycles. The number of aryl methyl sites for hydroxylation is 1. The van der Waals surface area contributed by atoms with Crippen molar-refractivity contribution in [1.29, 1.82) is 0 Å². The van der Waals surface area contributed by atoms with Gasteiger partial charge in [-0.2, -0.15) is 0 Å². The predicted octanol–water partition coefficient (Wildman–Crippen LogP) is 10.6. The lowest BCUT2D eigenvalue weighted by molar-refractivity contribution is 0.749. The van der Waals surface area contributed by atoms with Crippen LogP contribution in [0.15, 0.2) is 146 Å². The van der Waals surface area contributed by atoms with E-state index >= 15 is 0 Å². The summed E-state index contributed by atoms with van der Waals surface area (Å²) in [5, 5.41) is 5.22. The monoisotopic (exact) mass is 545 g/mol. The summed E-state index contributed by atoms with van der Waals surface area (Å²) < 4.78 is 2.51. The highest BCUT2D eigenvalue weighted by atomic mass is 15.0. The first-order valence-corrected chi connectivity index (χ1v) is 15.1. The Morgan fingerprint density at radius 3 is 2.07 bits per heavy atom. The number of para-hydroxylation sites is 3. The molecule has 1 spiro atoms. The Hall–Kier alpha value is -5.40. The molecule has 10 rings (SSSR count). The predicted molar refractivity (Wildman–Crippen MR) is 179 cm³/mol. The zero-order valence-electron chi connectivity index (χ0n) is 23.8. The molecule has 8 aromatic rings. The topological polar surface area (TPSA) is 4.93 Å². The molecule has 0 saturated carbocycles. The first kappa shape index (κ1) is 23.2. The van der Waals surface area contributed by atoms with E-state index in [1.807, 2.05) is 0 Å². The van der Waals surface area contributed by atoms with Crippen LogP contribution in [0.4, 0.5) is 0 Å². The lowest BCUT2D eigenvalue weighted by Crippen LogP contribution is -2.33. The number of rotatable bonds is 1.